The van der Waals surface area contributed by atoms with Crippen LogP contribution in [0.15, 0.2) is 42.5 Å². The molecule has 0 aliphatic carbocycles. The van der Waals surface area contributed by atoms with E-state index in [2.05, 4.69) is 10.6 Å². The number of nitriles is 1. The summed E-state index contributed by atoms with van der Waals surface area (Å²) < 4.78 is 10.0. The number of carbonyl (C=O) groups is 2. The lowest BCUT2D eigenvalue weighted by Gasteiger charge is -2.14. The van der Waals surface area contributed by atoms with Crippen LogP contribution in [-0.4, -0.2) is 43.2 Å². The summed E-state index contributed by atoms with van der Waals surface area (Å²) in [5.74, 6) is -1.53. The molecule has 0 bridgehead atoms. The van der Waals surface area contributed by atoms with E-state index >= 15 is 0 Å². The molecule has 2 aromatic carbocycles. The number of hydrogen-bond donors (Lipinski definition) is 2. The van der Waals surface area contributed by atoms with Gasteiger partial charge in [-0.2, -0.15) is 5.26 Å². The van der Waals surface area contributed by atoms with Crippen LogP contribution in [0.1, 0.15) is 22.8 Å². The van der Waals surface area contributed by atoms with Crippen molar-refractivity contribution in [3.63, 3.8) is 0 Å². The molecule has 0 saturated carbocycles. The minimum absolute atomic E-state index is 0.0731. The summed E-state index contributed by atoms with van der Waals surface area (Å²) in [7, 11) is 1.51. The molecule has 0 radical (unpaired) electrons. The third-order valence-electron chi connectivity index (χ3n) is 4.01. The van der Waals surface area contributed by atoms with Gasteiger partial charge in [0.25, 0.3) is 11.6 Å². The summed E-state index contributed by atoms with van der Waals surface area (Å²) in [5.41, 5.74) is 0.399. The van der Waals surface area contributed by atoms with Crippen molar-refractivity contribution in [3.05, 3.63) is 63.7 Å². The summed E-state index contributed by atoms with van der Waals surface area (Å²) in [6.07, 6.45) is -1.19. The Bertz CT molecular complexity index is 986. The van der Waals surface area contributed by atoms with E-state index in [-0.39, 0.29) is 28.2 Å². The van der Waals surface area contributed by atoms with Gasteiger partial charge in [0, 0.05) is 19.7 Å². The van der Waals surface area contributed by atoms with E-state index in [4.69, 9.17) is 14.7 Å². The maximum Gasteiger partial charge on any atom is 0.339 e. The minimum atomic E-state index is -1.19. The molecule has 156 valence electrons. The molecule has 2 aromatic rings. The van der Waals surface area contributed by atoms with Crippen LogP contribution < -0.4 is 10.6 Å². The van der Waals surface area contributed by atoms with Gasteiger partial charge >= 0.3 is 5.97 Å². The molecule has 1 atom stereocenters. The number of carbonyl (C=O) groups excluding carboxylic acids is 2. The number of nitro benzene ring substituents is 1. The van der Waals surface area contributed by atoms with Gasteiger partial charge in [-0.15, -0.1) is 0 Å². The molecule has 30 heavy (non-hydrogen) atoms. The van der Waals surface area contributed by atoms with Crippen molar-refractivity contribution in [1.82, 2.24) is 0 Å². The van der Waals surface area contributed by atoms with Gasteiger partial charge in [-0.3, -0.25) is 14.9 Å². The third-order valence-corrected chi connectivity index (χ3v) is 4.01. The second kappa shape index (κ2) is 10.5. The summed E-state index contributed by atoms with van der Waals surface area (Å²) >= 11 is 0. The van der Waals surface area contributed by atoms with Gasteiger partial charge in [0.05, 0.1) is 28.3 Å². The van der Waals surface area contributed by atoms with Gasteiger partial charge in [0.1, 0.15) is 11.8 Å². The molecule has 10 heteroatoms. The van der Waals surface area contributed by atoms with Gasteiger partial charge in [-0.1, -0.05) is 12.1 Å². The molecular weight excluding hydrogens is 392 g/mol. The van der Waals surface area contributed by atoms with E-state index in [1.54, 1.807) is 18.2 Å². The average molecular weight is 412 g/mol. The Morgan fingerprint density at radius 1 is 1.23 bits per heavy atom. The summed E-state index contributed by atoms with van der Waals surface area (Å²) in [4.78, 5) is 35.4. The Morgan fingerprint density at radius 2 is 1.97 bits per heavy atom. The standard InChI is InChI=1S/C20H20N4O6/c1-13(19(25)23-16-6-4-3-5-15(16)12-21)30-20(26)14-7-8-17(22-9-10-29-2)18(11-14)24(27)28/h3-8,11,13,22H,9-10H2,1-2H3,(H,23,25)/t13-/m0/s1. The van der Waals surface area contributed by atoms with E-state index in [0.29, 0.717) is 13.2 Å². The van der Waals surface area contributed by atoms with Crippen LogP contribution in [0.2, 0.25) is 0 Å². The van der Waals surface area contributed by atoms with Crippen LogP contribution in [0.3, 0.4) is 0 Å². The number of anilines is 2. The number of nitro groups is 1. The molecule has 0 aliphatic heterocycles. The summed E-state index contributed by atoms with van der Waals surface area (Å²) in [5, 5.41) is 25.8. The highest BCUT2D eigenvalue weighted by Crippen LogP contribution is 2.26. The number of ether oxygens (including phenoxy) is 2. The van der Waals surface area contributed by atoms with Crippen molar-refractivity contribution in [2.24, 2.45) is 0 Å². The van der Waals surface area contributed by atoms with Crippen LogP contribution >= 0.6 is 0 Å². The number of benzene rings is 2. The minimum Gasteiger partial charge on any atom is -0.449 e. The van der Waals surface area contributed by atoms with Crippen LogP contribution in [0.5, 0.6) is 0 Å². The van der Waals surface area contributed by atoms with Crippen molar-refractivity contribution >= 4 is 28.9 Å². The maximum atomic E-state index is 12.4. The predicted octanol–water partition coefficient (Wildman–Crippen LogP) is 2.71. The lowest BCUT2D eigenvalue weighted by Crippen LogP contribution is -2.30. The van der Waals surface area contributed by atoms with Gasteiger partial charge in [0.15, 0.2) is 6.10 Å². The van der Waals surface area contributed by atoms with Gasteiger partial charge < -0.3 is 20.1 Å². The number of methoxy groups -OCH3 is 1. The number of amides is 1. The molecule has 0 fully saturated rings. The first-order valence-electron chi connectivity index (χ1n) is 8.89. The Morgan fingerprint density at radius 3 is 2.63 bits per heavy atom. The van der Waals surface area contributed by atoms with Crippen LogP contribution in [-0.2, 0) is 14.3 Å². The van der Waals surface area contributed by atoms with Gasteiger partial charge in [-0.05, 0) is 31.2 Å². The Kier molecular flexibility index (Phi) is 7.84. The smallest absolute Gasteiger partial charge is 0.339 e. The molecule has 0 aromatic heterocycles. The summed E-state index contributed by atoms with van der Waals surface area (Å²) in [6.45, 7) is 2.06. The normalized spacial score (nSPS) is 11.1. The van der Waals surface area contributed by atoms with E-state index in [1.165, 1.54) is 32.2 Å². The second-order valence-corrected chi connectivity index (χ2v) is 6.10. The lowest BCUT2D eigenvalue weighted by atomic mass is 10.1. The fourth-order valence-electron chi connectivity index (χ4n) is 2.45. The zero-order valence-electron chi connectivity index (χ0n) is 16.4. The average Bonchev–Trinajstić information content (AvgIpc) is 2.74. The Labute approximate surface area is 172 Å². The van der Waals surface area contributed by atoms with E-state index in [1.807, 2.05) is 6.07 Å². The monoisotopic (exact) mass is 412 g/mol. The number of nitrogens with one attached hydrogen (secondary N) is 2. The van der Waals surface area contributed by atoms with Crippen molar-refractivity contribution in [1.29, 1.82) is 5.26 Å². The lowest BCUT2D eigenvalue weighted by molar-refractivity contribution is -0.384. The van der Waals surface area contributed by atoms with Crippen LogP contribution in [0.4, 0.5) is 17.1 Å². The molecule has 0 heterocycles. The number of esters is 1. The first kappa shape index (κ1) is 22.3. The zero-order chi connectivity index (χ0) is 22.1. The molecule has 0 saturated heterocycles. The number of hydrogen-bond acceptors (Lipinski definition) is 8. The molecule has 0 spiro atoms. The largest absolute Gasteiger partial charge is 0.449 e. The van der Waals surface area contributed by atoms with Crippen molar-refractivity contribution in [2.75, 3.05) is 30.9 Å². The highest BCUT2D eigenvalue weighted by molar-refractivity contribution is 5.98. The molecular formula is C20H20N4O6. The molecule has 0 aliphatic rings. The molecule has 1 amide bonds. The number of para-hydroxylation sites is 1. The highest BCUT2D eigenvalue weighted by atomic mass is 16.6. The van der Waals surface area contributed by atoms with E-state index in [0.717, 1.165) is 6.07 Å². The Hall–Kier alpha value is -3.97. The summed E-state index contributed by atoms with van der Waals surface area (Å²) in [6, 6.07) is 12.2. The number of nitrogens with zero attached hydrogens (tertiary/aromatic N) is 2. The molecule has 2 rings (SSSR count). The molecule has 2 N–H and O–H groups in total. The van der Waals surface area contributed by atoms with E-state index < -0.39 is 22.9 Å². The third kappa shape index (κ3) is 5.76. The molecule has 10 nitrogen and oxygen atoms in total. The van der Waals surface area contributed by atoms with Gasteiger partial charge in [-0.25, -0.2) is 4.79 Å². The second-order valence-electron chi connectivity index (χ2n) is 6.10. The van der Waals surface area contributed by atoms with Crippen LogP contribution in [0, 0.1) is 21.4 Å². The van der Waals surface area contributed by atoms with Gasteiger partial charge in [0.2, 0.25) is 0 Å². The van der Waals surface area contributed by atoms with Crippen molar-refractivity contribution < 1.29 is 24.0 Å². The maximum absolute atomic E-state index is 12.4. The van der Waals surface area contributed by atoms with Crippen molar-refractivity contribution in [3.8, 4) is 6.07 Å². The zero-order valence-corrected chi connectivity index (χ0v) is 16.4. The van der Waals surface area contributed by atoms with Crippen molar-refractivity contribution in [2.45, 2.75) is 13.0 Å². The fourth-order valence-corrected chi connectivity index (χ4v) is 2.45. The van der Waals surface area contributed by atoms with Crippen LogP contribution in [0.25, 0.3) is 0 Å². The topological polar surface area (TPSA) is 144 Å². The highest BCUT2D eigenvalue weighted by Gasteiger charge is 2.23. The SMILES string of the molecule is COCCNc1ccc(C(=O)O[C@@H](C)C(=O)Nc2ccccc2C#N)cc1[N+](=O)[O-]. The first-order valence-corrected chi connectivity index (χ1v) is 8.89. The Balaban J connectivity index is 2.09. The quantitative estimate of drug-likeness (QED) is 0.277. The number of rotatable bonds is 9. The molecule has 0 unspecified atom stereocenters. The first-order chi connectivity index (χ1) is 14.4. The fraction of sp³-hybridized carbons (Fsp3) is 0.250. The van der Waals surface area contributed by atoms with E-state index in [9.17, 15) is 19.7 Å². The predicted molar refractivity (Wildman–Crippen MR) is 108 cm³/mol.